The number of amides is 1. The fourth-order valence-electron chi connectivity index (χ4n) is 1.70. The molecule has 27 heavy (non-hydrogen) atoms. The van der Waals surface area contributed by atoms with Gasteiger partial charge in [-0.2, -0.15) is 26.3 Å². The van der Waals surface area contributed by atoms with Crippen molar-refractivity contribution in [3.63, 3.8) is 0 Å². The number of rotatable bonds is 6. The van der Waals surface area contributed by atoms with E-state index in [0.29, 0.717) is 0 Å². The van der Waals surface area contributed by atoms with E-state index in [-0.39, 0.29) is 17.1 Å². The lowest BCUT2D eigenvalue weighted by molar-refractivity contribution is -0.153. The van der Waals surface area contributed by atoms with Gasteiger partial charge in [0.05, 0.1) is 6.20 Å². The number of nitrogens with one attached hydrogen (secondary N) is 2. The van der Waals surface area contributed by atoms with Crippen LogP contribution in [0.3, 0.4) is 0 Å². The van der Waals surface area contributed by atoms with E-state index >= 15 is 0 Å². The molecule has 0 aliphatic rings. The second kappa shape index (κ2) is 8.05. The summed E-state index contributed by atoms with van der Waals surface area (Å²) in [5, 5.41) is 4.13. The Kier molecular flexibility index (Phi) is 6.02. The van der Waals surface area contributed by atoms with E-state index in [4.69, 9.17) is 0 Å². The summed E-state index contributed by atoms with van der Waals surface area (Å²) in [6.45, 7) is -2.99. The molecule has 0 atom stereocenters. The predicted molar refractivity (Wildman–Crippen MR) is 80.3 cm³/mol. The third-order valence-corrected chi connectivity index (χ3v) is 2.76. The number of anilines is 2. The van der Waals surface area contributed by atoms with Gasteiger partial charge in [0.15, 0.2) is 6.61 Å². The fraction of sp³-hybridized carbons (Fsp3) is 0.286. The van der Waals surface area contributed by atoms with Gasteiger partial charge in [0.2, 0.25) is 5.95 Å². The Morgan fingerprint density at radius 2 is 1.81 bits per heavy atom. The minimum Gasteiger partial charge on any atom is -0.482 e. The summed E-state index contributed by atoms with van der Waals surface area (Å²) in [6, 6.07) is 2.22. The van der Waals surface area contributed by atoms with E-state index in [2.05, 4.69) is 25.0 Å². The molecule has 2 heterocycles. The maximum atomic E-state index is 12.3. The molecular formula is C14H11F6N5O2. The van der Waals surface area contributed by atoms with Gasteiger partial charge in [-0.1, -0.05) is 0 Å². The second-order valence-corrected chi connectivity index (χ2v) is 4.96. The first-order valence-electron chi connectivity index (χ1n) is 7.12. The highest BCUT2D eigenvalue weighted by Crippen LogP contribution is 2.25. The molecule has 2 aromatic heterocycles. The van der Waals surface area contributed by atoms with Gasteiger partial charge in [-0.3, -0.25) is 9.78 Å². The first-order valence-corrected chi connectivity index (χ1v) is 7.12. The zero-order chi connectivity index (χ0) is 20.1. The van der Waals surface area contributed by atoms with Crippen molar-refractivity contribution in [3.8, 4) is 5.75 Å². The number of carbonyl (C=O) groups is 1. The minimum atomic E-state index is -4.59. The van der Waals surface area contributed by atoms with Gasteiger partial charge in [-0.05, 0) is 6.07 Å². The van der Waals surface area contributed by atoms with Crippen LogP contribution in [0.2, 0.25) is 0 Å². The van der Waals surface area contributed by atoms with Gasteiger partial charge in [-0.25, -0.2) is 9.97 Å². The minimum absolute atomic E-state index is 0.171. The normalized spacial score (nSPS) is 11.8. The molecule has 0 fully saturated rings. The molecule has 0 unspecified atom stereocenters. The van der Waals surface area contributed by atoms with Crippen LogP contribution in [0.4, 0.5) is 38.0 Å². The molecule has 0 aliphatic carbocycles. The molecule has 0 aromatic carbocycles. The Morgan fingerprint density at radius 1 is 1.07 bits per heavy atom. The number of pyridine rings is 1. The lowest BCUT2D eigenvalue weighted by Gasteiger charge is -2.13. The van der Waals surface area contributed by atoms with Crippen LogP contribution in [0.5, 0.6) is 5.75 Å². The maximum Gasteiger partial charge on any atom is 0.422 e. The largest absolute Gasteiger partial charge is 0.482 e. The van der Waals surface area contributed by atoms with E-state index in [0.717, 1.165) is 30.7 Å². The van der Waals surface area contributed by atoms with Gasteiger partial charge in [0.1, 0.15) is 23.7 Å². The molecule has 0 saturated heterocycles. The molecule has 0 aliphatic heterocycles. The van der Waals surface area contributed by atoms with Gasteiger partial charge in [0, 0.05) is 18.5 Å². The average molecular weight is 395 g/mol. The van der Waals surface area contributed by atoms with Crippen LogP contribution in [-0.2, 0) is 0 Å². The third kappa shape index (κ3) is 6.95. The summed E-state index contributed by atoms with van der Waals surface area (Å²) in [5.41, 5.74) is -0.490. The van der Waals surface area contributed by atoms with Crippen molar-refractivity contribution < 1.29 is 35.9 Å². The van der Waals surface area contributed by atoms with Gasteiger partial charge < -0.3 is 15.4 Å². The highest BCUT2D eigenvalue weighted by molar-refractivity contribution is 6.03. The topological polar surface area (TPSA) is 89.0 Å². The Labute approximate surface area is 147 Å². The lowest BCUT2D eigenvalue weighted by atomic mass is 10.3. The lowest BCUT2D eigenvalue weighted by Crippen LogP contribution is -2.23. The first kappa shape index (κ1) is 20.2. The number of ether oxygens (including phenoxy) is 1. The number of halogens is 6. The van der Waals surface area contributed by atoms with Gasteiger partial charge >= 0.3 is 12.4 Å². The number of nitrogens with zero attached hydrogens (tertiary/aromatic N) is 3. The second-order valence-electron chi connectivity index (χ2n) is 4.96. The summed E-state index contributed by atoms with van der Waals surface area (Å²) in [7, 11) is 0. The molecule has 7 nitrogen and oxygen atoms in total. The summed E-state index contributed by atoms with van der Waals surface area (Å²) in [6.07, 6.45) is -5.85. The van der Waals surface area contributed by atoms with Crippen molar-refractivity contribution in [3.05, 3.63) is 36.4 Å². The van der Waals surface area contributed by atoms with Crippen LogP contribution in [-0.4, -0.2) is 46.4 Å². The summed E-state index contributed by atoms with van der Waals surface area (Å²) in [5.74, 6) is -1.64. The SMILES string of the molecule is O=C(Nc1cnccc1OCC(F)(F)F)c1ccnc(NCC(F)(F)F)n1. The molecule has 0 saturated carbocycles. The molecule has 146 valence electrons. The number of hydrogen-bond donors (Lipinski definition) is 2. The smallest absolute Gasteiger partial charge is 0.422 e. The van der Waals surface area contributed by atoms with Crippen molar-refractivity contribution in [2.75, 3.05) is 23.8 Å². The Balaban J connectivity index is 2.09. The predicted octanol–water partition coefficient (Wildman–Crippen LogP) is 3.04. The number of aromatic nitrogens is 3. The standard InChI is InChI=1S/C14H11F6N5O2/c15-13(16,17)6-23-12-22-4-1-8(25-12)11(26)24-9-5-21-3-2-10(9)27-7-14(18,19)20/h1-5H,6-7H2,(H,24,26)(H,22,23,25). The van der Waals surface area contributed by atoms with E-state index in [1.54, 1.807) is 0 Å². The fourth-order valence-corrected chi connectivity index (χ4v) is 1.70. The zero-order valence-electron chi connectivity index (χ0n) is 13.2. The monoisotopic (exact) mass is 395 g/mol. The molecule has 1 amide bonds. The number of alkyl halides is 6. The van der Waals surface area contributed by atoms with Crippen LogP contribution in [0.25, 0.3) is 0 Å². The van der Waals surface area contributed by atoms with E-state index < -0.39 is 37.4 Å². The quantitative estimate of drug-likeness (QED) is 0.731. The van der Waals surface area contributed by atoms with Crippen molar-refractivity contribution in [2.24, 2.45) is 0 Å². The van der Waals surface area contributed by atoms with Crippen molar-refractivity contribution >= 4 is 17.5 Å². The van der Waals surface area contributed by atoms with Crippen LogP contribution in [0.15, 0.2) is 30.7 Å². The van der Waals surface area contributed by atoms with Crippen LogP contribution in [0, 0.1) is 0 Å². The molecular weight excluding hydrogens is 384 g/mol. The third-order valence-electron chi connectivity index (χ3n) is 2.76. The molecule has 2 aromatic rings. The molecule has 2 N–H and O–H groups in total. The Morgan fingerprint density at radius 3 is 2.48 bits per heavy atom. The highest BCUT2D eigenvalue weighted by atomic mass is 19.4. The van der Waals surface area contributed by atoms with Crippen LogP contribution >= 0.6 is 0 Å². The molecule has 0 spiro atoms. The first-order chi connectivity index (χ1) is 12.5. The van der Waals surface area contributed by atoms with Crippen LogP contribution < -0.4 is 15.4 Å². The maximum absolute atomic E-state index is 12.3. The Bertz CT molecular complexity index is 796. The van der Waals surface area contributed by atoms with E-state index in [1.807, 2.05) is 5.32 Å². The van der Waals surface area contributed by atoms with Gasteiger partial charge in [0.25, 0.3) is 5.91 Å². The molecule has 0 bridgehead atoms. The van der Waals surface area contributed by atoms with E-state index in [9.17, 15) is 31.1 Å². The van der Waals surface area contributed by atoms with E-state index in [1.165, 1.54) is 0 Å². The molecule has 2 rings (SSSR count). The van der Waals surface area contributed by atoms with Crippen LogP contribution in [0.1, 0.15) is 10.5 Å². The molecule has 13 heteroatoms. The highest BCUT2D eigenvalue weighted by Gasteiger charge is 2.29. The van der Waals surface area contributed by atoms with Crippen molar-refractivity contribution in [2.45, 2.75) is 12.4 Å². The van der Waals surface area contributed by atoms with Crippen molar-refractivity contribution in [1.82, 2.24) is 15.0 Å². The number of carbonyl (C=O) groups excluding carboxylic acids is 1. The van der Waals surface area contributed by atoms with Gasteiger partial charge in [-0.15, -0.1) is 0 Å². The molecule has 0 radical (unpaired) electrons. The summed E-state index contributed by atoms with van der Waals surface area (Å²) in [4.78, 5) is 23.0. The number of hydrogen-bond acceptors (Lipinski definition) is 6. The average Bonchev–Trinajstić information content (AvgIpc) is 2.58. The summed E-state index contributed by atoms with van der Waals surface area (Å²) < 4.78 is 78.0. The van der Waals surface area contributed by atoms with Crippen molar-refractivity contribution in [1.29, 1.82) is 0 Å². The zero-order valence-corrected chi connectivity index (χ0v) is 13.2. The Hall–Kier alpha value is -3.12. The summed E-state index contributed by atoms with van der Waals surface area (Å²) >= 11 is 0.